The minimum Gasteiger partial charge on any atom is -0.352 e. The number of hydrogen-bond acceptors (Lipinski definition) is 3. The molecule has 0 saturated carbocycles. The molecule has 0 atom stereocenters. The van der Waals surface area contributed by atoms with E-state index in [0.717, 1.165) is 18.1 Å². The van der Waals surface area contributed by atoms with Crippen molar-refractivity contribution in [3.63, 3.8) is 0 Å². The molecule has 1 heterocycles. The van der Waals surface area contributed by atoms with Crippen LogP contribution in [0.3, 0.4) is 0 Å². The van der Waals surface area contributed by atoms with Crippen LogP contribution >= 0.6 is 24.0 Å². The molecule has 1 aliphatic rings. The first-order valence-corrected chi connectivity index (χ1v) is 9.87. The topological polar surface area (TPSA) is 65.0 Å². The van der Waals surface area contributed by atoms with E-state index in [1.54, 1.807) is 19.2 Å². The Morgan fingerprint density at radius 1 is 1.19 bits per heavy atom. The lowest BCUT2D eigenvalue weighted by Crippen LogP contribution is -2.72. The number of benzene rings is 1. The number of aliphatic imine (C=N–C) groups is 1. The SMILES string of the molecule is CN=C(NCc1ccc(S(=O)(=O)N(C)C)cc1)N1CC(C)(C)C1(C)C.I. The van der Waals surface area contributed by atoms with Crippen LogP contribution in [0.25, 0.3) is 0 Å². The summed E-state index contributed by atoms with van der Waals surface area (Å²) in [6.07, 6.45) is 0. The highest BCUT2D eigenvalue weighted by Gasteiger charge is 2.53. The van der Waals surface area contributed by atoms with Crippen LogP contribution in [0.1, 0.15) is 33.3 Å². The van der Waals surface area contributed by atoms with Crippen molar-refractivity contribution in [3.8, 4) is 0 Å². The van der Waals surface area contributed by atoms with Gasteiger partial charge in [0.25, 0.3) is 0 Å². The Labute approximate surface area is 175 Å². The molecule has 1 N–H and O–H groups in total. The molecule has 0 spiro atoms. The fraction of sp³-hybridized carbons (Fsp3) is 0.611. The second-order valence-electron chi connectivity index (χ2n) is 7.86. The van der Waals surface area contributed by atoms with E-state index in [-0.39, 0.29) is 34.9 Å². The summed E-state index contributed by atoms with van der Waals surface area (Å²) in [5.74, 6) is 0.870. The van der Waals surface area contributed by atoms with Crippen LogP contribution in [0.5, 0.6) is 0 Å². The Morgan fingerprint density at radius 3 is 2.12 bits per heavy atom. The van der Waals surface area contributed by atoms with Crippen LogP contribution in [0, 0.1) is 5.41 Å². The highest BCUT2D eigenvalue weighted by molar-refractivity contribution is 14.0. The molecule has 6 nitrogen and oxygen atoms in total. The number of guanidine groups is 1. The quantitative estimate of drug-likeness (QED) is 0.397. The van der Waals surface area contributed by atoms with Gasteiger partial charge in [-0.25, -0.2) is 12.7 Å². The highest BCUT2D eigenvalue weighted by atomic mass is 127. The minimum atomic E-state index is -3.39. The van der Waals surface area contributed by atoms with Crippen LogP contribution in [-0.4, -0.2) is 56.8 Å². The molecule has 0 aliphatic carbocycles. The van der Waals surface area contributed by atoms with E-state index in [2.05, 4.69) is 42.9 Å². The number of halogens is 1. The lowest BCUT2D eigenvalue weighted by Gasteiger charge is -2.62. The summed E-state index contributed by atoms with van der Waals surface area (Å²) in [5, 5.41) is 3.38. The van der Waals surface area contributed by atoms with Crippen molar-refractivity contribution in [2.24, 2.45) is 10.4 Å². The van der Waals surface area contributed by atoms with Gasteiger partial charge in [0.1, 0.15) is 0 Å². The zero-order valence-corrected chi connectivity index (χ0v) is 19.8. The molecule has 0 amide bonds. The predicted molar refractivity (Wildman–Crippen MR) is 117 cm³/mol. The predicted octanol–water partition coefficient (Wildman–Crippen LogP) is 2.75. The zero-order chi connectivity index (χ0) is 19.0. The van der Waals surface area contributed by atoms with E-state index in [4.69, 9.17) is 0 Å². The summed E-state index contributed by atoms with van der Waals surface area (Å²) in [6.45, 7) is 10.5. The third kappa shape index (κ3) is 4.17. The molecule has 0 bridgehead atoms. The maximum Gasteiger partial charge on any atom is 0.242 e. The molecule has 1 aromatic carbocycles. The van der Waals surface area contributed by atoms with E-state index < -0.39 is 10.0 Å². The fourth-order valence-electron chi connectivity index (χ4n) is 2.87. The first-order chi connectivity index (χ1) is 11.4. The maximum atomic E-state index is 12.1. The molecule has 0 radical (unpaired) electrons. The van der Waals surface area contributed by atoms with Crippen molar-refractivity contribution in [1.29, 1.82) is 0 Å². The number of nitrogens with one attached hydrogen (secondary N) is 1. The second kappa shape index (κ2) is 8.02. The van der Waals surface area contributed by atoms with E-state index in [0.29, 0.717) is 11.4 Å². The Bertz CT molecular complexity index is 756. The van der Waals surface area contributed by atoms with Gasteiger partial charge in [0.05, 0.1) is 4.90 Å². The Hall–Kier alpha value is -0.870. The first-order valence-electron chi connectivity index (χ1n) is 8.43. The summed E-state index contributed by atoms with van der Waals surface area (Å²) in [5.41, 5.74) is 1.29. The average Bonchev–Trinajstić information content (AvgIpc) is 2.54. The van der Waals surface area contributed by atoms with Crippen molar-refractivity contribution >= 4 is 40.0 Å². The van der Waals surface area contributed by atoms with Crippen LogP contribution in [-0.2, 0) is 16.6 Å². The summed E-state index contributed by atoms with van der Waals surface area (Å²) in [7, 11) is 1.47. The number of hydrogen-bond donors (Lipinski definition) is 1. The molecule has 0 aromatic heterocycles. The van der Waals surface area contributed by atoms with Crippen molar-refractivity contribution in [2.75, 3.05) is 27.7 Å². The van der Waals surface area contributed by atoms with Gasteiger partial charge in [-0.05, 0) is 31.5 Å². The van der Waals surface area contributed by atoms with Gasteiger partial charge in [-0.15, -0.1) is 24.0 Å². The van der Waals surface area contributed by atoms with E-state index in [9.17, 15) is 8.42 Å². The highest BCUT2D eigenvalue weighted by Crippen LogP contribution is 2.46. The monoisotopic (exact) mass is 494 g/mol. The van der Waals surface area contributed by atoms with Crippen molar-refractivity contribution < 1.29 is 8.42 Å². The molecule has 8 heteroatoms. The Morgan fingerprint density at radius 2 is 1.73 bits per heavy atom. The summed E-state index contributed by atoms with van der Waals surface area (Å²) in [4.78, 5) is 6.97. The second-order valence-corrected chi connectivity index (χ2v) is 10.0. The van der Waals surface area contributed by atoms with Crippen molar-refractivity contribution in [2.45, 2.75) is 44.7 Å². The molecule has 148 valence electrons. The van der Waals surface area contributed by atoms with E-state index in [1.807, 2.05) is 12.1 Å². The molecular formula is C18H31IN4O2S. The minimum absolute atomic E-state index is 0. The molecule has 26 heavy (non-hydrogen) atoms. The Kier molecular flexibility index (Phi) is 7.14. The molecule has 0 unspecified atom stereocenters. The van der Waals surface area contributed by atoms with Gasteiger partial charge in [0.2, 0.25) is 10.0 Å². The van der Waals surface area contributed by atoms with Crippen LogP contribution < -0.4 is 5.32 Å². The summed E-state index contributed by atoms with van der Waals surface area (Å²) in [6, 6.07) is 6.96. The summed E-state index contributed by atoms with van der Waals surface area (Å²) >= 11 is 0. The zero-order valence-electron chi connectivity index (χ0n) is 16.7. The molecule has 1 saturated heterocycles. The van der Waals surface area contributed by atoms with Crippen LogP contribution in [0.4, 0.5) is 0 Å². The maximum absolute atomic E-state index is 12.1. The largest absolute Gasteiger partial charge is 0.352 e. The standard InChI is InChI=1S/C18H30N4O2S.HI/c1-17(2)13-22(18(17,3)4)16(19-5)20-12-14-8-10-15(11-9-14)25(23,24)21(6)7;/h8-11H,12-13H2,1-7H3,(H,19,20);1H. The molecular weight excluding hydrogens is 463 g/mol. The van der Waals surface area contributed by atoms with Crippen molar-refractivity contribution in [3.05, 3.63) is 29.8 Å². The van der Waals surface area contributed by atoms with Gasteiger partial charge < -0.3 is 10.2 Å². The normalized spacial score (nSPS) is 18.9. The van der Waals surface area contributed by atoms with Gasteiger partial charge in [-0.3, -0.25) is 4.99 Å². The summed E-state index contributed by atoms with van der Waals surface area (Å²) < 4.78 is 25.4. The third-order valence-corrected chi connectivity index (χ3v) is 7.33. The van der Waals surface area contributed by atoms with Gasteiger partial charge in [0.15, 0.2) is 5.96 Å². The lowest BCUT2D eigenvalue weighted by atomic mass is 9.65. The van der Waals surface area contributed by atoms with Gasteiger partial charge >= 0.3 is 0 Å². The molecule has 1 aromatic rings. The van der Waals surface area contributed by atoms with Crippen LogP contribution in [0.15, 0.2) is 34.2 Å². The molecule has 1 aliphatic heterocycles. The lowest BCUT2D eigenvalue weighted by molar-refractivity contribution is -0.0667. The third-order valence-electron chi connectivity index (χ3n) is 5.50. The Balaban J connectivity index is 0.00000338. The van der Waals surface area contributed by atoms with Crippen LogP contribution in [0.2, 0.25) is 0 Å². The number of likely N-dealkylation sites (tertiary alicyclic amines) is 1. The van der Waals surface area contributed by atoms with Gasteiger partial charge in [-0.1, -0.05) is 26.0 Å². The molecule has 1 fully saturated rings. The smallest absolute Gasteiger partial charge is 0.242 e. The molecule has 2 rings (SSSR count). The van der Waals surface area contributed by atoms with E-state index >= 15 is 0 Å². The van der Waals surface area contributed by atoms with E-state index in [1.165, 1.54) is 18.4 Å². The number of nitrogens with zero attached hydrogens (tertiary/aromatic N) is 3. The fourth-order valence-corrected chi connectivity index (χ4v) is 3.77. The van der Waals surface area contributed by atoms with Gasteiger partial charge in [0, 0.05) is 45.2 Å². The number of sulfonamides is 1. The number of rotatable bonds is 4. The van der Waals surface area contributed by atoms with Gasteiger partial charge in [-0.2, -0.15) is 0 Å². The van der Waals surface area contributed by atoms with Crippen molar-refractivity contribution in [1.82, 2.24) is 14.5 Å². The average molecular weight is 494 g/mol. The first kappa shape index (κ1) is 23.2.